The molecule has 0 saturated carbocycles. The number of aldehydes is 1. The summed E-state index contributed by atoms with van der Waals surface area (Å²) in [5.41, 5.74) is 1.93. The molecule has 0 aromatic heterocycles. The van der Waals surface area contributed by atoms with Gasteiger partial charge in [-0.15, -0.1) is 0 Å². The number of rotatable bonds is 5. The molecule has 0 aliphatic rings. The fraction of sp³-hybridized carbons (Fsp3) is 0.133. The van der Waals surface area contributed by atoms with E-state index in [0.717, 1.165) is 18.5 Å². The van der Waals surface area contributed by atoms with Gasteiger partial charge in [0.15, 0.2) is 0 Å². The zero-order valence-corrected chi connectivity index (χ0v) is 12.0. The standard InChI is InChI=1S/C15H13IO2/c16-14-5-1-12(2-6-14)9-10-18-15-7-3-13(11-17)4-8-15/h1-8,11H,9-10H2. The minimum absolute atomic E-state index is 0.640. The van der Waals surface area contributed by atoms with Gasteiger partial charge in [-0.25, -0.2) is 0 Å². The molecule has 0 aliphatic heterocycles. The molecule has 0 unspecified atom stereocenters. The van der Waals surface area contributed by atoms with Gasteiger partial charge in [0.25, 0.3) is 0 Å². The molecule has 0 atom stereocenters. The molecule has 92 valence electrons. The van der Waals surface area contributed by atoms with Crippen LogP contribution in [-0.4, -0.2) is 12.9 Å². The molecule has 0 radical (unpaired) electrons. The SMILES string of the molecule is O=Cc1ccc(OCCc2ccc(I)cc2)cc1. The first-order valence-corrected chi connectivity index (χ1v) is 6.78. The maximum Gasteiger partial charge on any atom is 0.150 e. The Bertz CT molecular complexity index is 503. The number of carbonyl (C=O) groups is 1. The lowest BCUT2D eigenvalue weighted by Gasteiger charge is -2.06. The highest BCUT2D eigenvalue weighted by Gasteiger charge is 1.96. The topological polar surface area (TPSA) is 26.3 Å². The highest BCUT2D eigenvalue weighted by molar-refractivity contribution is 14.1. The normalized spacial score (nSPS) is 10.1. The van der Waals surface area contributed by atoms with E-state index in [1.807, 2.05) is 12.1 Å². The van der Waals surface area contributed by atoms with Crippen LogP contribution in [0.25, 0.3) is 0 Å². The van der Waals surface area contributed by atoms with Crippen LogP contribution in [0.4, 0.5) is 0 Å². The molecule has 0 aliphatic carbocycles. The number of hydrogen-bond donors (Lipinski definition) is 0. The fourth-order valence-corrected chi connectivity index (χ4v) is 1.94. The number of carbonyl (C=O) groups excluding carboxylic acids is 1. The van der Waals surface area contributed by atoms with E-state index in [-0.39, 0.29) is 0 Å². The van der Waals surface area contributed by atoms with Crippen LogP contribution in [0.15, 0.2) is 48.5 Å². The van der Waals surface area contributed by atoms with Gasteiger partial charge in [0.2, 0.25) is 0 Å². The minimum atomic E-state index is 0.640. The summed E-state index contributed by atoms with van der Waals surface area (Å²) in [6, 6.07) is 15.6. The molecule has 0 spiro atoms. The van der Waals surface area contributed by atoms with Crippen LogP contribution in [0, 0.1) is 3.57 Å². The molecule has 0 fully saturated rings. The molecule has 18 heavy (non-hydrogen) atoms. The average molecular weight is 352 g/mol. The van der Waals surface area contributed by atoms with Gasteiger partial charge >= 0.3 is 0 Å². The molecule has 0 N–H and O–H groups in total. The van der Waals surface area contributed by atoms with E-state index in [2.05, 4.69) is 46.9 Å². The van der Waals surface area contributed by atoms with Crippen molar-refractivity contribution in [1.29, 1.82) is 0 Å². The maximum atomic E-state index is 10.5. The minimum Gasteiger partial charge on any atom is -0.493 e. The highest BCUT2D eigenvalue weighted by Crippen LogP contribution is 2.12. The third-order valence-corrected chi connectivity index (χ3v) is 3.31. The quantitative estimate of drug-likeness (QED) is 0.606. The lowest BCUT2D eigenvalue weighted by Crippen LogP contribution is -2.01. The Morgan fingerprint density at radius 1 is 1.00 bits per heavy atom. The molecule has 0 saturated heterocycles. The van der Waals surface area contributed by atoms with Gasteiger partial charge in [0, 0.05) is 15.6 Å². The molecule has 0 bridgehead atoms. The van der Waals surface area contributed by atoms with Crippen molar-refractivity contribution in [2.45, 2.75) is 6.42 Å². The van der Waals surface area contributed by atoms with Crippen molar-refractivity contribution >= 4 is 28.9 Å². The smallest absolute Gasteiger partial charge is 0.150 e. The van der Waals surface area contributed by atoms with Gasteiger partial charge in [0.05, 0.1) is 6.61 Å². The van der Waals surface area contributed by atoms with Crippen molar-refractivity contribution < 1.29 is 9.53 Å². The van der Waals surface area contributed by atoms with Gasteiger partial charge in [0.1, 0.15) is 12.0 Å². The number of benzene rings is 2. The Labute approximate surface area is 120 Å². The highest BCUT2D eigenvalue weighted by atomic mass is 127. The average Bonchev–Trinajstić information content (AvgIpc) is 2.42. The molecule has 2 aromatic carbocycles. The van der Waals surface area contributed by atoms with Crippen LogP contribution in [0.5, 0.6) is 5.75 Å². The summed E-state index contributed by atoms with van der Waals surface area (Å²) in [5.74, 6) is 0.797. The van der Waals surface area contributed by atoms with Gasteiger partial charge in [-0.1, -0.05) is 12.1 Å². The van der Waals surface area contributed by atoms with Gasteiger partial charge < -0.3 is 4.74 Å². The summed E-state index contributed by atoms with van der Waals surface area (Å²) in [5, 5.41) is 0. The zero-order chi connectivity index (χ0) is 12.8. The van der Waals surface area contributed by atoms with Gasteiger partial charge in [-0.05, 0) is 64.6 Å². The van der Waals surface area contributed by atoms with E-state index in [0.29, 0.717) is 12.2 Å². The van der Waals surface area contributed by atoms with Crippen LogP contribution >= 0.6 is 22.6 Å². The van der Waals surface area contributed by atoms with Crippen molar-refractivity contribution in [1.82, 2.24) is 0 Å². The first-order chi connectivity index (χ1) is 8.78. The van der Waals surface area contributed by atoms with E-state index >= 15 is 0 Å². The second kappa shape index (κ2) is 6.54. The molecule has 2 nitrogen and oxygen atoms in total. The Morgan fingerprint density at radius 3 is 2.28 bits per heavy atom. The molecule has 0 amide bonds. The zero-order valence-electron chi connectivity index (χ0n) is 9.80. The largest absolute Gasteiger partial charge is 0.493 e. The monoisotopic (exact) mass is 352 g/mol. The molecule has 2 rings (SSSR count). The van der Waals surface area contributed by atoms with Crippen molar-refractivity contribution in [3.05, 3.63) is 63.2 Å². The van der Waals surface area contributed by atoms with Gasteiger partial charge in [-0.3, -0.25) is 4.79 Å². The fourth-order valence-electron chi connectivity index (χ4n) is 1.58. The number of hydrogen-bond acceptors (Lipinski definition) is 2. The number of ether oxygens (including phenoxy) is 1. The summed E-state index contributed by atoms with van der Waals surface area (Å²) in [4.78, 5) is 10.5. The molecular formula is C15H13IO2. The van der Waals surface area contributed by atoms with Crippen LogP contribution in [0.2, 0.25) is 0 Å². The van der Waals surface area contributed by atoms with E-state index in [9.17, 15) is 4.79 Å². The third-order valence-electron chi connectivity index (χ3n) is 2.59. The first-order valence-electron chi connectivity index (χ1n) is 5.70. The summed E-state index contributed by atoms with van der Waals surface area (Å²) in [6.07, 6.45) is 1.71. The number of halogens is 1. The summed E-state index contributed by atoms with van der Waals surface area (Å²) >= 11 is 2.29. The van der Waals surface area contributed by atoms with Gasteiger partial charge in [-0.2, -0.15) is 0 Å². The van der Waals surface area contributed by atoms with E-state index in [1.54, 1.807) is 12.1 Å². The Morgan fingerprint density at radius 2 is 1.67 bits per heavy atom. The van der Waals surface area contributed by atoms with Crippen molar-refractivity contribution in [2.75, 3.05) is 6.61 Å². The van der Waals surface area contributed by atoms with Crippen LogP contribution in [0.3, 0.4) is 0 Å². The molecule has 3 heteroatoms. The van der Waals surface area contributed by atoms with Crippen molar-refractivity contribution in [2.24, 2.45) is 0 Å². The molecular weight excluding hydrogens is 339 g/mol. The molecule has 2 aromatic rings. The van der Waals surface area contributed by atoms with Crippen molar-refractivity contribution in [3.63, 3.8) is 0 Å². The second-order valence-electron chi connectivity index (χ2n) is 3.91. The predicted octanol–water partition coefficient (Wildman–Crippen LogP) is 3.73. The van der Waals surface area contributed by atoms with Crippen LogP contribution in [-0.2, 0) is 6.42 Å². The second-order valence-corrected chi connectivity index (χ2v) is 5.16. The van der Waals surface area contributed by atoms with E-state index in [4.69, 9.17) is 4.74 Å². The predicted molar refractivity (Wildman–Crippen MR) is 80.2 cm³/mol. The summed E-state index contributed by atoms with van der Waals surface area (Å²) in [6.45, 7) is 0.640. The summed E-state index contributed by atoms with van der Waals surface area (Å²) in [7, 11) is 0. The maximum absolute atomic E-state index is 10.5. The Balaban J connectivity index is 1.84. The lowest BCUT2D eigenvalue weighted by molar-refractivity contribution is 0.112. The Hall–Kier alpha value is -1.36. The lowest BCUT2D eigenvalue weighted by atomic mass is 10.2. The first kappa shape index (κ1) is 13.1. The summed E-state index contributed by atoms with van der Waals surface area (Å²) < 4.78 is 6.86. The van der Waals surface area contributed by atoms with Crippen molar-refractivity contribution in [3.8, 4) is 5.75 Å². The van der Waals surface area contributed by atoms with E-state index < -0.39 is 0 Å². The third kappa shape index (κ3) is 3.84. The van der Waals surface area contributed by atoms with Crippen LogP contribution in [0.1, 0.15) is 15.9 Å². The van der Waals surface area contributed by atoms with E-state index in [1.165, 1.54) is 9.13 Å². The molecule has 0 heterocycles. The Kier molecular flexibility index (Phi) is 4.75. The van der Waals surface area contributed by atoms with Crippen LogP contribution < -0.4 is 4.74 Å².